The van der Waals surface area contributed by atoms with Crippen molar-refractivity contribution in [1.82, 2.24) is 0 Å². The van der Waals surface area contributed by atoms with Crippen LogP contribution in [0.5, 0.6) is 0 Å². The molecular formula is C13H18O2. The van der Waals surface area contributed by atoms with Crippen molar-refractivity contribution in [3.05, 3.63) is 35.9 Å². The lowest BCUT2D eigenvalue weighted by molar-refractivity contribution is 0.00449. The maximum Gasteiger partial charge on any atom is 0.0855 e. The Hall–Kier alpha value is -0.860. The summed E-state index contributed by atoms with van der Waals surface area (Å²) >= 11 is 0. The number of rotatable bonds is 3. The van der Waals surface area contributed by atoms with Crippen molar-refractivity contribution in [2.75, 3.05) is 0 Å². The molecule has 0 radical (unpaired) electrons. The molecule has 1 N–H and O–H groups in total. The van der Waals surface area contributed by atoms with Crippen LogP contribution in [0, 0.1) is 0 Å². The number of benzene rings is 1. The SMILES string of the molecule is CCC[C@@H]1O[C@@H](c2ccccc2)C[C@@H]1O. The van der Waals surface area contributed by atoms with Crippen LogP contribution < -0.4 is 0 Å². The summed E-state index contributed by atoms with van der Waals surface area (Å²) in [5.74, 6) is 0. The van der Waals surface area contributed by atoms with Gasteiger partial charge in [0.15, 0.2) is 0 Å². The summed E-state index contributed by atoms with van der Waals surface area (Å²) in [6.45, 7) is 2.12. The summed E-state index contributed by atoms with van der Waals surface area (Å²) in [6.07, 6.45) is 2.55. The van der Waals surface area contributed by atoms with Crippen LogP contribution in [0.2, 0.25) is 0 Å². The van der Waals surface area contributed by atoms with Crippen molar-refractivity contribution in [3.63, 3.8) is 0 Å². The zero-order valence-electron chi connectivity index (χ0n) is 9.10. The fraction of sp³-hybridized carbons (Fsp3) is 0.538. The van der Waals surface area contributed by atoms with Gasteiger partial charge in [0, 0.05) is 6.42 Å². The fourth-order valence-electron chi connectivity index (χ4n) is 2.16. The van der Waals surface area contributed by atoms with E-state index in [0.717, 1.165) is 19.3 Å². The molecular weight excluding hydrogens is 188 g/mol. The molecule has 1 aromatic carbocycles. The zero-order chi connectivity index (χ0) is 10.7. The van der Waals surface area contributed by atoms with Gasteiger partial charge in [0.25, 0.3) is 0 Å². The molecule has 1 fully saturated rings. The minimum atomic E-state index is -0.296. The highest BCUT2D eigenvalue weighted by atomic mass is 16.5. The maximum atomic E-state index is 9.83. The molecule has 0 bridgehead atoms. The van der Waals surface area contributed by atoms with E-state index in [4.69, 9.17) is 4.74 Å². The molecule has 0 aliphatic carbocycles. The molecule has 1 saturated heterocycles. The average Bonchev–Trinajstić information content (AvgIpc) is 2.63. The van der Waals surface area contributed by atoms with E-state index < -0.39 is 0 Å². The summed E-state index contributed by atoms with van der Waals surface area (Å²) in [4.78, 5) is 0. The summed E-state index contributed by atoms with van der Waals surface area (Å²) in [7, 11) is 0. The van der Waals surface area contributed by atoms with Gasteiger partial charge in [0.2, 0.25) is 0 Å². The Bertz CT molecular complexity index is 297. The molecule has 2 heteroatoms. The molecule has 1 aliphatic rings. The Balaban J connectivity index is 2.03. The molecule has 82 valence electrons. The first-order chi connectivity index (χ1) is 7.31. The Labute approximate surface area is 90.9 Å². The van der Waals surface area contributed by atoms with E-state index in [9.17, 15) is 5.11 Å². The smallest absolute Gasteiger partial charge is 0.0855 e. The molecule has 2 rings (SSSR count). The van der Waals surface area contributed by atoms with Gasteiger partial charge >= 0.3 is 0 Å². The largest absolute Gasteiger partial charge is 0.390 e. The van der Waals surface area contributed by atoms with E-state index in [-0.39, 0.29) is 18.3 Å². The van der Waals surface area contributed by atoms with Crippen molar-refractivity contribution in [1.29, 1.82) is 0 Å². The minimum Gasteiger partial charge on any atom is -0.390 e. The summed E-state index contributed by atoms with van der Waals surface area (Å²) < 4.78 is 5.85. The topological polar surface area (TPSA) is 29.5 Å². The Morgan fingerprint density at radius 2 is 2.07 bits per heavy atom. The molecule has 0 amide bonds. The van der Waals surface area contributed by atoms with Crippen LogP contribution in [0.4, 0.5) is 0 Å². The quantitative estimate of drug-likeness (QED) is 0.824. The highest BCUT2D eigenvalue weighted by Crippen LogP contribution is 2.34. The van der Waals surface area contributed by atoms with Crippen LogP contribution in [0.1, 0.15) is 37.9 Å². The van der Waals surface area contributed by atoms with Gasteiger partial charge in [0.05, 0.1) is 18.3 Å². The third-order valence-electron chi connectivity index (χ3n) is 2.97. The lowest BCUT2D eigenvalue weighted by atomic mass is 10.0. The minimum absolute atomic E-state index is 0.0280. The first-order valence-electron chi connectivity index (χ1n) is 5.69. The lowest BCUT2D eigenvalue weighted by Gasteiger charge is -2.13. The van der Waals surface area contributed by atoms with Crippen LogP contribution in [0.25, 0.3) is 0 Å². The van der Waals surface area contributed by atoms with Crippen molar-refractivity contribution < 1.29 is 9.84 Å². The lowest BCUT2D eigenvalue weighted by Crippen LogP contribution is -2.19. The zero-order valence-corrected chi connectivity index (χ0v) is 9.10. The second-order valence-corrected chi connectivity index (χ2v) is 4.17. The third-order valence-corrected chi connectivity index (χ3v) is 2.97. The van der Waals surface area contributed by atoms with Gasteiger partial charge in [-0.25, -0.2) is 0 Å². The Morgan fingerprint density at radius 1 is 1.33 bits per heavy atom. The second kappa shape index (κ2) is 4.77. The van der Waals surface area contributed by atoms with E-state index >= 15 is 0 Å². The molecule has 1 heterocycles. The molecule has 1 aliphatic heterocycles. The molecule has 2 nitrogen and oxygen atoms in total. The van der Waals surface area contributed by atoms with Crippen LogP contribution in [0.15, 0.2) is 30.3 Å². The fourth-order valence-corrected chi connectivity index (χ4v) is 2.16. The average molecular weight is 206 g/mol. The predicted molar refractivity (Wildman–Crippen MR) is 59.6 cm³/mol. The number of hydrogen-bond acceptors (Lipinski definition) is 2. The van der Waals surface area contributed by atoms with Crippen molar-refractivity contribution in [3.8, 4) is 0 Å². The molecule has 0 unspecified atom stereocenters. The van der Waals surface area contributed by atoms with E-state index in [1.54, 1.807) is 0 Å². The molecule has 0 spiro atoms. The van der Waals surface area contributed by atoms with Gasteiger partial charge in [0.1, 0.15) is 0 Å². The Kier molecular flexibility index (Phi) is 3.39. The van der Waals surface area contributed by atoms with Gasteiger partial charge in [-0.3, -0.25) is 0 Å². The van der Waals surface area contributed by atoms with Crippen LogP contribution in [0.3, 0.4) is 0 Å². The molecule has 0 saturated carbocycles. The van der Waals surface area contributed by atoms with Gasteiger partial charge in [-0.2, -0.15) is 0 Å². The second-order valence-electron chi connectivity index (χ2n) is 4.17. The van der Waals surface area contributed by atoms with Gasteiger partial charge in [-0.15, -0.1) is 0 Å². The monoisotopic (exact) mass is 206 g/mol. The van der Waals surface area contributed by atoms with E-state index in [2.05, 4.69) is 19.1 Å². The number of hydrogen-bond donors (Lipinski definition) is 1. The number of aliphatic hydroxyl groups is 1. The summed E-state index contributed by atoms with van der Waals surface area (Å²) in [6, 6.07) is 10.1. The highest BCUT2D eigenvalue weighted by molar-refractivity contribution is 5.18. The molecule has 3 atom stereocenters. The predicted octanol–water partition coefficient (Wildman–Crippen LogP) is 2.68. The van der Waals surface area contributed by atoms with Crippen LogP contribution in [-0.2, 0) is 4.74 Å². The van der Waals surface area contributed by atoms with Crippen molar-refractivity contribution in [2.24, 2.45) is 0 Å². The highest BCUT2D eigenvalue weighted by Gasteiger charge is 2.33. The first kappa shape index (κ1) is 10.7. The molecule has 1 aromatic rings. The van der Waals surface area contributed by atoms with Gasteiger partial charge < -0.3 is 9.84 Å². The number of aliphatic hydroxyl groups excluding tert-OH is 1. The van der Waals surface area contributed by atoms with Crippen molar-refractivity contribution >= 4 is 0 Å². The van der Waals surface area contributed by atoms with Crippen LogP contribution in [-0.4, -0.2) is 17.3 Å². The van der Waals surface area contributed by atoms with Crippen molar-refractivity contribution in [2.45, 2.75) is 44.5 Å². The maximum absolute atomic E-state index is 9.83. The van der Waals surface area contributed by atoms with Gasteiger partial charge in [-0.05, 0) is 12.0 Å². The third kappa shape index (κ3) is 2.39. The normalized spacial score (nSPS) is 30.7. The standard InChI is InChI=1S/C13H18O2/c1-2-6-12-11(14)9-13(15-12)10-7-4-3-5-8-10/h3-5,7-8,11-14H,2,6,9H2,1H3/t11-,12-,13+/m0/s1. The Morgan fingerprint density at radius 3 is 2.73 bits per heavy atom. The first-order valence-corrected chi connectivity index (χ1v) is 5.69. The van der Waals surface area contributed by atoms with E-state index in [1.165, 1.54) is 5.56 Å². The summed E-state index contributed by atoms with van der Waals surface area (Å²) in [5, 5.41) is 9.83. The molecule has 15 heavy (non-hydrogen) atoms. The molecule has 0 aromatic heterocycles. The van der Waals surface area contributed by atoms with Gasteiger partial charge in [-0.1, -0.05) is 43.7 Å². The van der Waals surface area contributed by atoms with Crippen LogP contribution >= 0.6 is 0 Å². The summed E-state index contributed by atoms with van der Waals surface area (Å²) in [5.41, 5.74) is 1.18. The van der Waals surface area contributed by atoms with E-state index in [0.29, 0.717) is 0 Å². The van der Waals surface area contributed by atoms with E-state index in [1.807, 2.05) is 18.2 Å². The number of ether oxygens (including phenoxy) is 1.